The van der Waals surface area contributed by atoms with Crippen LogP contribution in [0.2, 0.25) is 0 Å². The first-order valence-corrected chi connectivity index (χ1v) is 20.7. The zero-order valence-electron chi connectivity index (χ0n) is 32.2. The van der Waals surface area contributed by atoms with Crippen LogP contribution >= 0.6 is 0 Å². The van der Waals surface area contributed by atoms with Crippen molar-refractivity contribution >= 4 is 47.0 Å². The summed E-state index contributed by atoms with van der Waals surface area (Å²) in [6.07, 6.45) is 13.1. The first kappa shape index (κ1) is 38.5. The van der Waals surface area contributed by atoms with Crippen molar-refractivity contribution in [2.45, 2.75) is 113 Å². The number of likely N-dealkylation sites (tertiary alicyclic amines) is 6. The molecule has 6 aliphatic heterocycles. The predicted octanol–water partition coefficient (Wildman–Crippen LogP) is 1.67. The largest absolute Gasteiger partial charge is 0.329 e. The Morgan fingerprint density at radius 3 is 1.19 bits per heavy atom. The normalized spacial score (nSPS) is 27.4. The quantitative estimate of drug-likeness (QED) is 0.418. The lowest BCUT2D eigenvalue weighted by Gasteiger charge is -2.37. The van der Waals surface area contributed by atoms with Gasteiger partial charge in [0.25, 0.3) is 5.91 Å². The van der Waals surface area contributed by atoms with Gasteiger partial charge in [-0.15, -0.1) is 0 Å². The van der Waals surface area contributed by atoms with Gasteiger partial charge in [-0.1, -0.05) is 0 Å². The van der Waals surface area contributed by atoms with E-state index < -0.39 is 36.3 Å². The molecule has 57 heavy (non-hydrogen) atoms. The molecule has 6 atom stereocenters. The molecule has 8 rings (SSSR count). The van der Waals surface area contributed by atoms with Crippen LogP contribution in [0.25, 0.3) is 0 Å². The molecule has 2 aromatic rings. The molecule has 8 heterocycles. The lowest BCUT2D eigenvalue weighted by Crippen LogP contribution is -2.58. The highest BCUT2D eigenvalue weighted by atomic mass is 16.2. The summed E-state index contributed by atoms with van der Waals surface area (Å²) in [7, 11) is 0. The number of hydrogen-bond acceptors (Lipinski definition) is 9. The van der Waals surface area contributed by atoms with E-state index in [1.165, 1.54) is 6.20 Å². The van der Waals surface area contributed by atoms with E-state index in [-0.39, 0.29) is 41.4 Å². The van der Waals surface area contributed by atoms with Crippen LogP contribution in [0.15, 0.2) is 49.1 Å². The number of aromatic nitrogens is 2. The molecular formula is C41H51N9O7. The van der Waals surface area contributed by atoms with Crippen LogP contribution in [0.1, 0.15) is 87.4 Å². The summed E-state index contributed by atoms with van der Waals surface area (Å²) in [5.74, 6) is -1.82. The summed E-state index contributed by atoms with van der Waals surface area (Å²) in [4.78, 5) is 115. The van der Waals surface area contributed by atoms with Gasteiger partial charge in [0.15, 0.2) is 0 Å². The van der Waals surface area contributed by atoms with Crippen molar-refractivity contribution in [1.82, 2.24) is 39.4 Å². The molecular weight excluding hydrogens is 731 g/mol. The van der Waals surface area contributed by atoms with Gasteiger partial charge in [-0.3, -0.25) is 43.5 Å². The Morgan fingerprint density at radius 2 is 0.807 bits per heavy atom. The van der Waals surface area contributed by atoms with Gasteiger partial charge in [0.2, 0.25) is 35.4 Å². The van der Waals surface area contributed by atoms with Gasteiger partial charge < -0.3 is 34.7 Å². The van der Waals surface area contributed by atoms with Gasteiger partial charge in [-0.05, 0) is 101 Å². The second-order valence-corrected chi connectivity index (χ2v) is 16.1. The van der Waals surface area contributed by atoms with Crippen molar-refractivity contribution in [3.8, 4) is 0 Å². The molecule has 6 saturated heterocycles. The van der Waals surface area contributed by atoms with Crippen LogP contribution in [-0.4, -0.2) is 156 Å². The molecule has 0 spiro atoms. The molecule has 0 bridgehead atoms. The van der Waals surface area contributed by atoms with Crippen molar-refractivity contribution in [2.75, 3.05) is 44.6 Å². The fourth-order valence-electron chi connectivity index (χ4n) is 9.99. The molecule has 16 heteroatoms. The van der Waals surface area contributed by atoms with Gasteiger partial charge >= 0.3 is 0 Å². The number of amides is 7. The van der Waals surface area contributed by atoms with E-state index in [0.29, 0.717) is 128 Å². The maximum Gasteiger partial charge on any atom is 0.256 e. The van der Waals surface area contributed by atoms with Crippen LogP contribution < -0.4 is 5.32 Å². The number of nitrogens with one attached hydrogen (secondary N) is 1. The smallest absolute Gasteiger partial charge is 0.256 e. The maximum atomic E-state index is 14.4. The molecule has 6 aliphatic rings. The number of carbonyl (C=O) groups excluding carboxylic acids is 7. The molecule has 1 N–H and O–H groups in total. The highest BCUT2D eigenvalue weighted by Crippen LogP contribution is 2.33. The number of nitrogens with zero attached hydrogens (tertiary/aromatic N) is 8. The molecule has 0 unspecified atom stereocenters. The minimum Gasteiger partial charge on any atom is -0.329 e. The predicted molar refractivity (Wildman–Crippen MR) is 205 cm³/mol. The number of hydrogen-bond donors (Lipinski definition) is 1. The zero-order valence-corrected chi connectivity index (χ0v) is 32.2. The molecule has 302 valence electrons. The summed E-state index contributed by atoms with van der Waals surface area (Å²) in [6.45, 7) is 2.42. The number of carbonyl (C=O) groups is 7. The Kier molecular flexibility index (Phi) is 11.2. The van der Waals surface area contributed by atoms with Crippen LogP contribution in [0.4, 0.5) is 5.69 Å². The van der Waals surface area contributed by atoms with Crippen LogP contribution in [0.3, 0.4) is 0 Å². The van der Waals surface area contributed by atoms with Gasteiger partial charge in [-0.25, -0.2) is 0 Å². The van der Waals surface area contributed by atoms with Crippen molar-refractivity contribution in [3.05, 3.63) is 54.6 Å². The van der Waals surface area contributed by atoms with Crippen molar-refractivity contribution < 1.29 is 33.6 Å². The van der Waals surface area contributed by atoms with E-state index in [9.17, 15) is 33.6 Å². The molecule has 0 saturated carbocycles. The minimum absolute atomic E-state index is 0.239. The van der Waals surface area contributed by atoms with Crippen LogP contribution in [-0.2, 0) is 28.8 Å². The highest BCUT2D eigenvalue weighted by molar-refractivity contribution is 6.01. The van der Waals surface area contributed by atoms with Crippen molar-refractivity contribution in [2.24, 2.45) is 0 Å². The zero-order chi connectivity index (χ0) is 39.6. The van der Waals surface area contributed by atoms with Gasteiger partial charge in [0, 0.05) is 57.9 Å². The average Bonchev–Trinajstić information content (AvgIpc) is 4.09. The molecule has 0 aromatic carbocycles. The monoisotopic (exact) mass is 781 g/mol. The van der Waals surface area contributed by atoms with E-state index in [0.717, 1.165) is 0 Å². The summed E-state index contributed by atoms with van der Waals surface area (Å²) in [6, 6.07) is 2.57. The summed E-state index contributed by atoms with van der Waals surface area (Å²) in [5, 5.41) is 2.86. The van der Waals surface area contributed by atoms with Crippen LogP contribution in [0, 0.1) is 0 Å². The molecule has 0 aliphatic carbocycles. The average molecular weight is 782 g/mol. The summed E-state index contributed by atoms with van der Waals surface area (Å²) < 4.78 is 0. The first-order chi connectivity index (χ1) is 27.7. The van der Waals surface area contributed by atoms with Gasteiger partial charge in [-0.2, -0.15) is 0 Å². The summed E-state index contributed by atoms with van der Waals surface area (Å²) in [5.41, 5.74) is 0.963. The Balaban J connectivity index is 0.916. The number of anilines is 1. The third kappa shape index (κ3) is 7.45. The molecule has 6 fully saturated rings. The molecule has 7 amide bonds. The second-order valence-electron chi connectivity index (χ2n) is 16.1. The molecule has 0 radical (unpaired) electrons. The topological polar surface area (TPSA) is 177 Å². The van der Waals surface area contributed by atoms with Crippen LogP contribution in [0.5, 0.6) is 0 Å². The third-order valence-electron chi connectivity index (χ3n) is 12.8. The first-order valence-electron chi connectivity index (χ1n) is 20.7. The second kappa shape index (κ2) is 16.6. The SMILES string of the molecule is O=C(Nc1cccnc1)[C@@H]1CCCN1C(=O)[C@@H]1CCCN1C(=O)[C@@H]1CCCN1C(=O)[C@@H]1CCCN1C(=O)[C@@H]1CCCN1C(=O)[C@@H]1CCCN1C(=O)c1cccnc1. The third-order valence-corrected chi connectivity index (χ3v) is 12.8. The standard InChI is InChI=1S/C41H51N9O7/c51-35(44-28-10-2-18-43-26-28)29-11-3-19-45(29)37(53)31-13-5-21-47(31)39(55)33-15-7-23-49(33)41(57)34-16-8-24-50(34)40(56)32-14-6-22-48(32)38(54)30-12-4-20-46(30)36(52)27-9-1-17-42-25-27/h1-2,9-10,17-18,25-26,29-34H,3-8,11-16,19-24H2,(H,44,51)/t29-,30-,31-,32-,33-,34-/m0/s1. The molecule has 2 aromatic heterocycles. The number of pyridine rings is 2. The lowest BCUT2D eigenvalue weighted by atomic mass is 10.1. The maximum absolute atomic E-state index is 14.4. The van der Waals surface area contributed by atoms with Gasteiger partial charge in [0.1, 0.15) is 36.3 Å². The van der Waals surface area contributed by atoms with E-state index in [2.05, 4.69) is 15.3 Å². The van der Waals surface area contributed by atoms with Crippen molar-refractivity contribution in [1.29, 1.82) is 0 Å². The van der Waals surface area contributed by atoms with Crippen molar-refractivity contribution in [3.63, 3.8) is 0 Å². The lowest BCUT2D eigenvalue weighted by molar-refractivity contribution is -0.154. The Hall–Kier alpha value is -5.41. The minimum atomic E-state index is -0.752. The Labute approximate surface area is 331 Å². The Bertz CT molecular complexity index is 1880. The van der Waals surface area contributed by atoms with E-state index >= 15 is 0 Å². The molecule has 16 nitrogen and oxygen atoms in total. The Morgan fingerprint density at radius 1 is 0.456 bits per heavy atom. The highest BCUT2D eigenvalue weighted by Gasteiger charge is 2.50. The van der Waals surface area contributed by atoms with E-state index in [4.69, 9.17) is 0 Å². The fourth-order valence-corrected chi connectivity index (χ4v) is 9.99. The summed E-state index contributed by atoms with van der Waals surface area (Å²) >= 11 is 0. The van der Waals surface area contributed by atoms with Gasteiger partial charge in [0.05, 0.1) is 17.4 Å². The fraction of sp³-hybridized carbons (Fsp3) is 0.585. The van der Waals surface area contributed by atoms with E-state index in [1.807, 2.05) is 0 Å². The van der Waals surface area contributed by atoms with E-state index in [1.54, 1.807) is 72.3 Å². The number of rotatable bonds is 8.